The Morgan fingerprint density at radius 2 is 2.00 bits per heavy atom. The second-order valence-corrected chi connectivity index (χ2v) is 8.91. The molecule has 0 saturated carbocycles. The van der Waals surface area contributed by atoms with Gasteiger partial charge in [0.05, 0.1) is 11.4 Å². The highest BCUT2D eigenvalue weighted by Crippen LogP contribution is 2.40. The minimum absolute atomic E-state index is 0.349. The van der Waals surface area contributed by atoms with Gasteiger partial charge in [-0.3, -0.25) is 9.89 Å². The monoisotopic (exact) mass is 352 g/mol. The van der Waals surface area contributed by atoms with Crippen LogP contribution in [0.3, 0.4) is 0 Å². The van der Waals surface area contributed by atoms with Gasteiger partial charge in [-0.15, -0.1) is 0 Å². The number of hydrogen-bond acceptors (Lipinski definition) is 4. The number of aliphatic imine (C=N–C) groups is 1. The zero-order valence-corrected chi connectivity index (χ0v) is 16.6. The SMILES string of the molecule is CC1=C(CN2CCc3nc(C4=NCCCC4)ncc3C2)C(C)(C)CCC1. The molecular formula is C22H32N4. The summed E-state index contributed by atoms with van der Waals surface area (Å²) in [6.07, 6.45) is 10.5. The molecule has 26 heavy (non-hydrogen) atoms. The van der Waals surface area contributed by atoms with Gasteiger partial charge in [-0.05, 0) is 50.9 Å². The number of fused-ring (bicyclic) bond motifs is 1. The van der Waals surface area contributed by atoms with Gasteiger partial charge in [0.1, 0.15) is 0 Å². The Hall–Kier alpha value is -1.55. The van der Waals surface area contributed by atoms with Crippen LogP contribution in [0.15, 0.2) is 22.3 Å². The van der Waals surface area contributed by atoms with E-state index >= 15 is 0 Å². The number of rotatable bonds is 3. The van der Waals surface area contributed by atoms with Crippen molar-refractivity contribution in [1.29, 1.82) is 0 Å². The Morgan fingerprint density at radius 1 is 1.12 bits per heavy atom. The summed E-state index contributed by atoms with van der Waals surface area (Å²) in [5, 5.41) is 0. The average Bonchev–Trinajstić information content (AvgIpc) is 2.65. The van der Waals surface area contributed by atoms with E-state index in [0.29, 0.717) is 5.41 Å². The van der Waals surface area contributed by atoms with E-state index in [2.05, 4.69) is 41.8 Å². The first-order valence-electron chi connectivity index (χ1n) is 10.3. The van der Waals surface area contributed by atoms with Crippen molar-refractivity contribution >= 4 is 5.71 Å². The van der Waals surface area contributed by atoms with Gasteiger partial charge in [0.2, 0.25) is 0 Å². The molecule has 0 bridgehead atoms. The Kier molecular flexibility index (Phi) is 4.96. The molecule has 3 aliphatic rings. The molecule has 1 aromatic heterocycles. The molecule has 0 spiro atoms. The zero-order chi connectivity index (χ0) is 18.1. The maximum absolute atomic E-state index is 4.88. The zero-order valence-electron chi connectivity index (χ0n) is 16.6. The van der Waals surface area contributed by atoms with E-state index in [1.54, 1.807) is 11.1 Å². The Morgan fingerprint density at radius 3 is 2.77 bits per heavy atom. The third-order valence-corrected chi connectivity index (χ3v) is 6.46. The largest absolute Gasteiger partial charge is 0.295 e. The van der Waals surface area contributed by atoms with E-state index in [-0.39, 0.29) is 0 Å². The predicted molar refractivity (Wildman–Crippen MR) is 107 cm³/mol. The van der Waals surface area contributed by atoms with Crippen molar-refractivity contribution in [2.75, 3.05) is 19.6 Å². The lowest BCUT2D eigenvalue weighted by Gasteiger charge is -2.38. The molecule has 140 valence electrons. The minimum atomic E-state index is 0.349. The first kappa shape index (κ1) is 17.8. The molecular weight excluding hydrogens is 320 g/mol. The molecule has 0 fully saturated rings. The summed E-state index contributed by atoms with van der Waals surface area (Å²) in [6.45, 7) is 11.3. The normalized spacial score (nSPS) is 23.6. The van der Waals surface area contributed by atoms with Crippen LogP contribution in [0.1, 0.15) is 76.4 Å². The summed E-state index contributed by atoms with van der Waals surface area (Å²) in [5.74, 6) is 0.879. The molecule has 0 N–H and O–H groups in total. The van der Waals surface area contributed by atoms with Gasteiger partial charge < -0.3 is 0 Å². The second-order valence-electron chi connectivity index (χ2n) is 8.91. The van der Waals surface area contributed by atoms with Crippen LogP contribution in [-0.2, 0) is 13.0 Å². The molecule has 1 aliphatic carbocycles. The topological polar surface area (TPSA) is 41.4 Å². The van der Waals surface area contributed by atoms with Crippen molar-refractivity contribution in [2.45, 2.75) is 72.3 Å². The molecule has 0 radical (unpaired) electrons. The van der Waals surface area contributed by atoms with Crippen LogP contribution in [0.5, 0.6) is 0 Å². The lowest BCUT2D eigenvalue weighted by atomic mass is 9.72. The van der Waals surface area contributed by atoms with E-state index in [9.17, 15) is 0 Å². The second kappa shape index (κ2) is 7.22. The smallest absolute Gasteiger partial charge is 0.173 e. The highest BCUT2D eigenvalue weighted by Gasteiger charge is 2.30. The van der Waals surface area contributed by atoms with Crippen molar-refractivity contribution < 1.29 is 0 Å². The molecule has 2 aliphatic heterocycles. The van der Waals surface area contributed by atoms with Crippen LogP contribution in [-0.4, -0.2) is 40.2 Å². The Labute approximate surface area is 157 Å². The average molecular weight is 353 g/mol. The molecule has 0 aromatic carbocycles. The Balaban J connectivity index is 1.49. The van der Waals surface area contributed by atoms with Crippen molar-refractivity contribution in [3.05, 3.63) is 34.4 Å². The van der Waals surface area contributed by atoms with E-state index in [1.807, 2.05) is 0 Å². The number of nitrogens with zero attached hydrogens (tertiary/aromatic N) is 4. The summed E-state index contributed by atoms with van der Waals surface area (Å²) in [7, 11) is 0. The summed E-state index contributed by atoms with van der Waals surface area (Å²) in [5.41, 5.74) is 7.31. The van der Waals surface area contributed by atoms with Gasteiger partial charge in [-0.1, -0.05) is 25.0 Å². The number of hydrogen-bond donors (Lipinski definition) is 0. The summed E-state index contributed by atoms with van der Waals surface area (Å²) in [4.78, 5) is 16.8. The van der Waals surface area contributed by atoms with Gasteiger partial charge in [-0.2, -0.15) is 0 Å². The van der Waals surface area contributed by atoms with Crippen LogP contribution < -0.4 is 0 Å². The Bertz CT molecular complexity index is 745. The molecule has 1 aromatic rings. The fourth-order valence-electron chi connectivity index (χ4n) is 4.78. The third kappa shape index (κ3) is 3.62. The van der Waals surface area contributed by atoms with E-state index in [1.165, 1.54) is 43.4 Å². The quantitative estimate of drug-likeness (QED) is 0.760. The van der Waals surface area contributed by atoms with Gasteiger partial charge in [-0.25, -0.2) is 9.97 Å². The maximum atomic E-state index is 4.88. The van der Waals surface area contributed by atoms with E-state index in [4.69, 9.17) is 4.98 Å². The van der Waals surface area contributed by atoms with Crippen molar-refractivity contribution in [2.24, 2.45) is 10.4 Å². The number of aromatic nitrogens is 2. The van der Waals surface area contributed by atoms with Crippen LogP contribution in [0.4, 0.5) is 0 Å². The predicted octanol–water partition coefficient (Wildman–Crippen LogP) is 4.33. The van der Waals surface area contributed by atoms with Crippen molar-refractivity contribution in [3.8, 4) is 0 Å². The lowest BCUT2D eigenvalue weighted by Crippen LogP contribution is -2.37. The minimum Gasteiger partial charge on any atom is -0.295 e. The molecule has 4 nitrogen and oxygen atoms in total. The molecule has 4 rings (SSSR count). The third-order valence-electron chi connectivity index (χ3n) is 6.46. The van der Waals surface area contributed by atoms with Crippen LogP contribution in [0, 0.1) is 5.41 Å². The number of allylic oxidation sites excluding steroid dienone is 1. The highest BCUT2D eigenvalue weighted by atomic mass is 15.1. The van der Waals surface area contributed by atoms with Gasteiger partial charge in [0, 0.05) is 44.4 Å². The molecule has 0 atom stereocenters. The van der Waals surface area contributed by atoms with E-state index in [0.717, 1.165) is 50.6 Å². The molecule has 0 amide bonds. The first-order valence-corrected chi connectivity index (χ1v) is 10.3. The van der Waals surface area contributed by atoms with Gasteiger partial charge in [0.25, 0.3) is 0 Å². The van der Waals surface area contributed by atoms with Gasteiger partial charge in [0.15, 0.2) is 5.82 Å². The standard InChI is InChI=1S/C22H32N4/c1-16-7-6-10-22(2,3)18(16)15-26-12-9-19-17(14-26)13-24-21(25-19)20-8-4-5-11-23-20/h13H,4-12,14-15H2,1-3H3. The van der Waals surface area contributed by atoms with E-state index < -0.39 is 0 Å². The van der Waals surface area contributed by atoms with Crippen LogP contribution in [0.25, 0.3) is 0 Å². The summed E-state index contributed by atoms with van der Waals surface area (Å²) >= 11 is 0. The van der Waals surface area contributed by atoms with Crippen LogP contribution in [0.2, 0.25) is 0 Å². The molecule has 0 saturated heterocycles. The highest BCUT2D eigenvalue weighted by molar-refractivity contribution is 5.97. The lowest BCUT2D eigenvalue weighted by molar-refractivity contribution is 0.239. The maximum Gasteiger partial charge on any atom is 0.173 e. The fraction of sp³-hybridized carbons (Fsp3) is 0.682. The van der Waals surface area contributed by atoms with Crippen molar-refractivity contribution in [1.82, 2.24) is 14.9 Å². The molecule has 4 heteroatoms. The fourth-order valence-corrected chi connectivity index (χ4v) is 4.78. The summed E-state index contributed by atoms with van der Waals surface area (Å²) < 4.78 is 0. The van der Waals surface area contributed by atoms with Crippen molar-refractivity contribution in [3.63, 3.8) is 0 Å². The first-order chi connectivity index (χ1) is 12.5. The summed E-state index contributed by atoms with van der Waals surface area (Å²) in [6, 6.07) is 0. The molecule has 0 unspecified atom stereocenters. The van der Waals surface area contributed by atoms with Gasteiger partial charge >= 0.3 is 0 Å². The van der Waals surface area contributed by atoms with Crippen LogP contribution >= 0.6 is 0 Å². The molecule has 3 heterocycles.